The molecule has 1 unspecified atom stereocenters. The lowest BCUT2D eigenvalue weighted by molar-refractivity contribution is 0.522. The van der Waals surface area contributed by atoms with E-state index in [-0.39, 0.29) is 0 Å². The Labute approximate surface area is 94.8 Å². The Morgan fingerprint density at radius 1 is 1.40 bits per heavy atom. The molecule has 86 valence electrons. The van der Waals surface area contributed by atoms with Gasteiger partial charge in [-0.2, -0.15) is 0 Å². The summed E-state index contributed by atoms with van der Waals surface area (Å²) in [6, 6.07) is 0.296. The first-order valence-corrected chi connectivity index (χ1v) is 7.93. The van der Waals surface area contributed by atoms with Gasteiger partial charge in [-0.25, -0.2) is 8.42 Å². The molecule has 4 nitrogen and oxygen atoms in total. The number of hydrogen-bond donors (Lipinski definition) is 1. The quantitative estimate of drug-likeness (QED) is 0.740. The van der Waals surface area contributed by atoms with Gasteiger partial charge in [0.25, 0.3) is 0 Å². The second-order valence-corrected chi connectivity index (χ2v) is 7.88. The van der Waals surface area contributed by atoms with E-state index in [2.05, 4.69) is 17.2 Å². The minimum absolute atomic E-state index is 0.296. The predicted octanol–water partition coefficient (Wildman–Crippen LogP) is 0.645. The third-order valence-electron chi connectivity index (χ3n) is 2.69. The van der Waals surface area contributed by atoms with Crippen molar-refractivity contribution in [1.82, 2.24) is 5.32 Å². The van der Waals surface area contributed by atoms with E-state index in [1.54, 1.807) is 11.8 Å². The highest BCUT2D eigenvalue weighted by Crippen LogP contribution is 2.20. The Hall–Kier alpha value is -0.230. The van der Waals surface area contributed by atoms with Crippen LogP contribution >= 0.6 is 11.8 Å². The van der Waals surface area contributed by atoms with Crippen LogP contribution in [0.2, 0.25) is 0 Å². The van der Waals surface area contributed by atoms with Crippen LogP contribution in [0.3, 0.4) is 0 Å². The van der Waals surface area contributed by atoms with Gasteiger partial charge in [-0.1, -0.05) is 18.7 Å². The first kappa shape index (κ1) is 11.3. The number of nitrogens with one attached hydrogen (secondary N) is 1. The van der Waals surface area contributed by atoms with Gasteiger partial charge in [-0.3, -0.25) is 4.99 Å². The molecular formula is C9H16N2O2S2. The summed E-state index contributed by atoms with van der Waals surface area (Å²) in [6.45, 7) is 3.02. The number of thioether (sulfide) groups is 1. The molecule has 2 rings (SSSR count). The van der Waals surface area contributed by atoms with Crippen LogP contribution in [0.5, 0.6) is 0 Å². The van der Waals surface area contributed by atoms with Crippen molar-refractivity contribution in [3.05, 3.63) is 0 Å². The molecule has 2 heterocycles. The van der Waals surface area contributed by atoms with Gasteiger partial charge in [0.1, 0.15) is 9.84 Å². The SMILES string of the molecule is CC1CN=C(NC2CCS(=O)(=O)CC2)S1. The molecule has 0 radical (unpaired) electrons. The van der Waals surface area contributed by atoms with E-state index >= 15 is 0 Å². The molecule has 0 aromatic carbocycles. The number of sulfone groups is 1. The monoisotopic (exact) mass is 248 g/mol. The average Bonchev–Trinajstić information content (AvgIpc) is 2.55. The summed E-state index contributed by atoms with van der Waals surface area (Å²) < 4.78 is 22.4. The van der Waals surface area contributed by atoms with E-state index < -0.39 is 9.84 Å². The summed E-state index contributed by atoms with van der Waals surface area (Å²) in [4.78, 5) is 4.37. The van der Waals surface area contributed by atoms with E-state index in [0.29, 0.717) is 22.8 Å². The minimum Gasteiger partial charge on any atom is -0.362 e. The van der Waals surface area contributed by atoms with Gasteiger partial charge in [-0.05, 0) is 12.8 Å². The number of hydrogen-bond acceptors (Lipinski definition) is 5. The molecule has 0 saturated carbocycles. The van der Waals surface area contributed by atoms with Gasteiger partial charge in [0.15, 0.2) is 5.17 Å². The van der Waals surface area contributed by atoms with E-state index in [0.717, 1.165) is 24.6 Å². The zero-order chi connectivity index (χ0) is 10.9. The zero-order valence-electron chi connectivity index (χ0n) is 8.77. The molecule has 0 aromatic rings. The Morgan fingerprint density at radius 3 is 2.60 bits per heavy atom. The number of rotatable bonds is 1. The highest BCUT2D eigenvalue weighted by atomic mass is 32.2. The Balaban J connectivity index is 1.82. The second-order valence-electron chi connectivity index (χ2n) is 4.14. The normalized spacial score (nSPS) is 31.3. The summed E-state index contributed by atoms with van der Waals surface area (Å²) in [5.74, 6) is 0.635. The third-order valence-corrected chi connectivity index (χ3v) is 5.42. The molecule has 6 heteroatoms. The van der Waals surface area contributed by atoms with Crippen molar-refractivity contribution >= 4 is 26.8 Å². The Morgan fingerprint density at radius 2 is 2.07 bits per heavy atom. The first-order chi connectivity index (χ1) is 7.05. The summed E-state index contributed by atoms with van der Waals surface area (Å²) in [7, 11) is -2.75. The van der Waals surface area contributed by atoms with Crippen molar-refractivity contribution < 1.29 is 8.42 Å². The smallest absolute Gasteiger partial charge is 0.157 e. The van der Waals surface area contributed by atoms with Crippen molar-refractivity contribution in [2.75, 3.05) is 18.1 Å². The maximum absolute atomic E-state index is 11.2. The van der Waals surface area contributed by atoms with Gasteiger partial charge in [0, 0.05) is 11.3 Å². The molecule has 0 amide bonds. The van der Waals surface area contributed by atoms with Gasteiger partial charge in [0.2, 0.25) is 0 Å². The van der Waals surface area contributed by atoms with Gasteiger partial charge >= 0.3 is 0 Å². The van der Waals surface area contributed by atoms with Crippen molar-refractivity contribution in [1.29, 1.82) is 0 Å². The molecule has 2 aliphatic rings. The summed E-state index contributed by atoms with van der Waals surface area (Å²) >= 11 is 1.75. The molecule has 2 aliphatic heterocycles. The van der Waals surface area contributed by atoms with E-state index in [9.17, 15) is 8.42 Å². The third kappa shape index (κ3) is 3.11. The van der Waals surface area contributed by atoms with Crippen molar-refractivity contribution in [3.8, 4) is 0 Å². The van der Waals surface area contributed by atoms with Crippen LogP contribution in [0, 0.1) is 0 Å². The predicted molar refractivity (Wildman–Crippen MR) is 64.2 cm³/mol. The lowest BCUT2D eigenvalue weighted by Gasteiger charge is -2.23. The molecular weight excluding hydrogens is 232 g/mol. The van der Waals surface area contributed by atoms with E-state index in [1.165, 1.54) is 0 Å². The van der Waals surface area contributed by atoms with Crippen LogP contribution < -0.4 is 5.32 Å². The fraction of sp³-hybridized carbons (Fsp3) is 0.889. The van der Waals surface area contributed by atoms with Gasteiger partial charge < -0.3 is 5.32 Å². The number of amidine groups is 1. The number of aliphatic imine (C=N–C) groups is 1. The lowest BCUT2D eigenvalue weighted by Crippen LogP contribution is -2.39. The average molecular weight is 248 g/mol. The van der Waals surface area contributed by atoms with Crippen LogP contribution in [0.15, 0.2) is 4.99 Å². The maximum atomic E-state index is 11.2. The second kappa shape index (κ2) is 4.33. The zero-order valence-corrected chi connectivity index (χ0v) is 10.4. The highest BCUT2D eigenvalue weighted by molar-refractivity contribution is 8.14. The minimum atomic E-state index is -2.75. The molecule has 0 spiro atoms. The largest absolute Gasteiger partial charge is 0.362 e. The topological polar surface area (TPSA) is 58.5 Å². The first-order valence-electron chi connectivity index (χ1n) is 5.23. The lowest BCUT2D eigenvalue weighted by atomic mass is 10.2. The molecule has 0 aliphatic carbocycles. The van der Waals surface area contributed by atoms with Gasteiger partial charge in [-0.15, -0.1) is 0 Å². The van der Waals surface area contributed by atoms with Crippen molar-refractivity contribution in [2.45, 2.75) is 31.1 Å². The molecule has 1 saturated heterocycles. The standard InChI is InChI=1S/C9H16N2O2S2/c1-7-6-10-9(14-7)11-8-2-4-15(12,13)5-3-8/h7-8H,2-6H2,1H3,(H,10,11). The van der Waals surface area contributed by atoms with Crippen molar-refractivity contribution in [2.24, 2.45) is 4.99 Å². The summed E-state index contributed by atoms with van der Waals surface area (Å²) in [5, 5.41) is 4.88. The van der Waals surface area contributed by atoms with E-state index in [4.69, 9.17) is 0 Å². The van der Waals surface area contributed by atoms with E-state index in [1.807, 2.05) is 0 Å². The molecule has 0 bridgehead atoms. The molecule has 1 atom stereocenters. The van der Waals surface area contributed by atoms with Crippen LogP contribution in [-0.4, -0.2) is 42.9 Å². The summed E-state index contributed by atoms with van der Waals surface area (Å²) in [5.41, 5.74) is 0. The molecule has 0 aromatic heterocycles. The fourth-order valence-electron chi connectivity index (χ4n) is 1.77. The fourth-order valence-corrected chi connectivity index (χ4v) is 4.17. The van der Waals surface area contributed by atoms with Crippen LogP contribution in [-0.2, 0) is 9.84 Å². The Bertz CT molecular complexity index is 350. The van der Waals surface area contributed by atoms with Crippen molar-refractivity contribution in [3.63, 3.8) is 0 Å². The van der Waals surface area contributed by atoms with Gasteiger partial charge in [0.05, 0.1) is 18.1 Å². The Kier molecular flexibility index (Phi) is 3.25. The summed E-state index contributed by atoms with van der Waals surface area (Å²) in [6.07, 6.45) is 1.44. The van der Waals surface area contributed by atoms with Crippen LogP contribution in [0.4, 0.5) is 0 Å². The number of nitrogens with zero attached hydrogens (tertiary/aromatic N) is 1. The van der Waals surface area contributed by atoms with Crippen LogP contribution in [0.1, 0.15) is 19.8 Å². The van der Waals surface area contributed by atoms with Crippen LogP contribution in [0.25, 0.3) is 0 Å². The highest BCUT2D eigenvalue weighted by Gasteiger charge is 2.25. The molecule has 1 fully saturated rings. The molecule has 1 N–H and O–H groups in total. The molecule has 15 heavy (non-hydrogen) atoms. The maximum Gasteiger partial charge on any atom is 0.157 e.